The van der Waals surface area contributed by atoms with E-state index in [1.807, 2.05) is 12.1 Å². The van der Waals surface area contributed by atoms with E-state index in [0.717, 1.165) is 12.0 Å². The fourth-order valence-corrected chi connectivity index (χ4v) is 3.21. The predicted molar refractivity (Wildman–Crippen MR) is 89.4 cm³/mol. The normalized spacial score (nSPS) is 20.7. The monoisotopic (exact) mass is 321 g/mol. The zero-order valence-electron chi connectivity index (χ0n) is 14.5. The van der Waals surface area contributed by atoms with Gasteiger partial charge < -0.3 is 19.5 Å². The number of carbonyl (C=O) groups excluding carboxylic acids is 1. The number of amides is 1. The first-order valence-electron chi connectivity index (χ1n) is 8.17. The Morgan fingerprint density at radius 3 is 2.22 bits per heavy atom. The SMILES string of the molecule is COc1cc(CC(=O)NC2CCCCC2C)cc(OC)c1OC. The predicted octanol–water partition coefficient (Wildman–Crippen LogP) is 2.95. The summed E-state index contributed by atoms with van der Waals surface area (Å²) < 4.78 is 16.0. The van der Waals surface area contributed by atoms with Gasteiger partial charge in [0, 0.05) is 6.04 Å². The third kappa shape index (κ3) is 4.30. The van der Waals surface area contributed by atoms with Crippen molar-refractivity contribution < 1.29 is 19.0 Å². The van der Waals surface area contributed by atoms with Crippen LogP contribution in [0.2, 0.25) is 0 Å². The molecule has 0 aromatic heterocycles. The van der Waals surface area contributed by atoms with Gasteiger partial charge in [-0.25, -0.2) is 0 Å². The molecule has 0 radical (unpaired) electrons. The molecule has 0 saturated heterocycles. The standard InChI is InChI=1S/C18H27NO4/c1-12-7-5-6-8-14(12)19-17(20)11-13-9-15(21-2)18(23-4)16(10-13)22-3/h9-10,12,14H,5-8,11H2,1-4H3,(H,19,20). The van der Waals surface area contributed by atoms with Gasteiger partial charge in [0.2, 0.25) is 11.7 Å². The van der Waals surface area contributed by atoms with Crippen LogP contribution < -0.4 is 19.5 Å². The van der Waals surface area contributed by atoms with Gasteiger partial charge in [0.25, 0.3) is 0 Å². The van der Waals surface area contributed by atoms with E-state index >= 15 is 0 Å². The first-order valence-corrected chi connectivity index (χ1v) is 8.17. The van der Waals surface area contributed by atoms with Crippen LogP contribution in [0.1, 0.15) is 38.2 Å². The fourth-order valence-electron chi connectivity index (χ4n) is 3.21. The zero-order valence-corrected chi connectivity index (χ0v) is 14.5. The minimum atomic E-state index is 0.0398. The third-order valence-corrected chi connectivity index (χ3v) is 4.55. The van der Waals surface area contributed by atoms with E-state index in [9.17, 15) is 4.79 Å². The molecule has 2 atom stereocenters. The lowest BCUT2D eigenvalue weighted by Crippen LogP contribution is -2.41. The maximum atomic E-state index is 12.4. The minimum Gasteiger partial charge on any atom is -0.493 e. The fraction of sp³-hybridized carbons (Fsp3) is 0.611. The van der Waals surface area contributed by atoms with Crippen LogP contribution in [0.15, 0.2) is 12.1 Å². The Morgan fingerprint density at radius 2 is 1.70 bits per heavy atom. The quantitative estimate of drug-likeness (QED) is 0.875. The van der Waals surface area contributed by atoms with Crippen molar-refractivity contribution in [3.8, 4) is 17.2 Å². The average molecular weight is 321 g/mol. The molecule has 1 saturated carbocycles. The van der Waals surface area contributed by atoms with Crippen molar-refractivity contribution in [2.24, 2.45) is 5.92 Å². The largest absolute Gasteiger partial charge is 0.493 e. The lowest BCUT2D eigenvalue weighted by Gasteiger charge is -2.29. The van der Waals surface area contributed by atoms with Crippen LogP contribution in [0.4, 0.5) is 0 Å². The van der Waals surface area contributed by atoms with Crippen LogP contribution in [0.3, 0.4) is 0 Å². The number of rotatable bonds is 6. The van der Waals surface area contributed by atoms with Gasteiger partial charge in [0.1, 0.15) is 0 Å². The summed E-state index contributed by atoms with van der Waals surface area (Å²) in [7, 11) is 4.72. The molecule has 1 N–H and O–H groups in total. The summed E-state index contributed by atoms with van der Waals surface area (Å²) in [6.07, 6.45) is 5.02. The van der Waals surface area contributed by atoms with Crippen LogP contribution in [0.25, 0.3) is 0 Å². The Morgan fingerprint density at radius 1 is 1.09 bits per heavy atom. The van der Waals surface area contributed by atoms with E-state index in [0.29, 0.717) is 35.6 Å². The topological polar surface area (TPSA) is 56.8 Å². The highest BCUT2D eigenvalue weighted by molar-refractivity contribution is 5.79. The number of hydrogen-bond donors (Lipinski definition) is 1. The van der Waals surface area contributed by atoms with E-state index in [4.69, 9.17) is 14.2 Å². The summed E-state index contributed by atoms with van der Waals surface area (Å²) in [5.41, 5.74) is 0.848. The van der Waals surface area contributed by atoms with Crippen molar-refractivity contribution in [3.63, 3.8) is 0 Å². The highest BCUT2D eigenvalue weighted by Gasteiger charge is 2.23. The Kier molecular flexibility index (Phi) is 6.13. The molecule has 5 nitrogen and oxygen atoms in total. The molecule has 1 aliphatic carbocycles. The molecule has 1 aromatic rings. The van der Waals surface area contributed by atoms with Crippen LogP contribution in [0, 0.1) is 5.92 Å². The second-order valence-corrected chi connectivity index (χ2v) is 6.15. The molecule has 23 heavy (non-hydrogen) atoms. The van der Waals surface area contributed by atoms with Crippen molar-refractivity contribution in [1.29, 1.82) is 0 Å². The number of carbonyl (C=O) groups is 1. The van der Waals surface area contributed by atoms with Crippen LogP contribution in [-0.4, -0.2) is 33.3 Å². The van der Waals surface area contributed by atoms with Gasteiger partial charge in [-0.15, -0.1) is 0 Å². The van der Waals surface area contributed by atoms with Gasteiger partial charge in [0.15, 0.2) is 11.5 Å². The Hall–Kier alpha value is -1.91. The smallest absolute Gasteiger partial charge is 0.224 e. The molecule has 0 spiro atoms. The lowest BCUT2D eigenvalue weighted by molar-refractivity contribution is -0.121. The van der Waals surface area contributed by atoms with E-state index in [-0.39, 0.29) is 5.91 Å². The van der Waals surface area contributed by atoms with Gasteiger partial charge >= 0.3 is 0 Å². The molecule has 128 valence electrons. The molecule has 1 aromatic carbocycles. The highest BCUT2D eigenvalue weighted by atomic mass is 16.5. The van der Waals surface area contributed by atoms with Crippen molar-refractivity contribution in [1.82, 2.24) is 5.32 Å². The van der Waals surface area contributed by atoms with E-state index < -0.39 is 0 Å². The molecular weight excluding hydrogens is 294 g/mol. The maximum Gasteiger partial charge on any atom is 0.224 e. The van der Waals surface area contributed by atoms with Gasteiger partial charge in [-0.05, 0) is 36.5 Å². The lowest BCUT2D eigenvalue weighted by atomic mass is 9.86. The second-order valence-electron chi connectivity index (χ2n) is 6.15. The molecular formula is C18H27NO4. The van der Waals surface area contributed by atoms with Crippen molar-refractivity contribution in [3.05, 3.63) is 17.7 Å². The summed E-state index contributed by atoms with van der Waals surface area (Å²) in [5.74, 6) is 2.27. The zero-order chi connectivity index (χ0) is 16.8. The third-order valence-electron chi connectivity index (χ3n) is 4.55. The number of nitrogens with one attached hydrogen (secondary N) is 1. The van der Waals surface area contributed by atoms with E-state index in [2.05, 4.69) is 12.2 Å². The number of hydrogen-bond acceptors (Lipinski definition) is 4. The summed E-state index contributed by atoms with van der Waals surface area (Å²) >= 11 is 0. The Balaban J connectivity index is 2.08. The van der Waals surface area contributed by atoms with Gasteiger partial charge in [0.05, 0.1) is 27.8 Å². The molecule has 0 bridgehead atoms. The molecule has 5 heteroatoms. The van der Waals surface area contributed by atoms with Gasteiger partial charge in [-0.2, -0.15) is 0 Å². The average Bonchev–Trinajstić information content (AvgIpc) is 2.55. The molecule has 2 unspecified atom stereocenters. The van der Waals surface area contributed by atoms with Crippen LogP contribution in [-0.2, 0) is 11.2 Å². The first kappa shape index (κ1) is 17.4. The molecule has 1 amide bonds. The van der Waals surface area contributed by atoms with Gasteiger partial charge in [-0.1, -0.05) is 19.8 Å². The maximum absolute atomic E-state index is 12.4. The highest BCUT2D eigenvalue weighted by Crippen LogP contribution is 2.38. The van der Waals surface area contributed by atoms with Crippen molar-refractivity contribution >= 4 is 5.91 Å². The number of ether oxygens (including phenoxy) is 3. The Bertz CT molecular complexity index is 519. The molecule has 1 aliphatic rings. The molecule has 0 aliphatic heterocycles. The summed E-state index contributed by atoms with van der Waals surface area (Å²) in [5, 5.41) is 3.17. The summed E-state index contributed by atoms with van der Waals surface area (Å²) in [6.45, 7) is 2.21. The van der Waals surface area contributed by atoms with Crippen LogP contribution >= 0.6 is 0 Å². The molecule has 2 rings (SSSR count). The second kappa shape index (κ2) is 8.09. The molecule has 1 fully saturated rings. The van der Waals surface area contributed by atoms with E-state index in [1.165, 1.54) is 19.3 Å². The van der Waals surface area contributed by atoms with Gasteiger partial charge in [-0.3, -0.25) is 4.79 Å². The minimum absolute atomic E-state index is 0.0398. The number of methoxy groups -OCH3 is 3. The van der Waals surface area contributed by atoms with Crippen LogP contribution in [0.5, 0.6) is 17.2 Å². The van der Waals surface area contributed by atoms with Crippen molar-refractivity contribution in [2.45, 2.75) is 45.1 Å². The summed E-state index contributed by atoms with van der Waals surface area (Å²) in [6, 6.07) is 3.94. The van der Waals surface area contributed by atoms with Crippen molar-refractivity contribution in [2.75, 3.05) is 21.3 Å². The number of benzene rings is 1. The summed E-state index contributed by atoms with van der Waals surface area (Å²) in [4.78, 5) is 12.4. The first-order chi connectivity index (χ1) is 11.1. The van der Waals surface area contributed by atoms with E-state index in [1.54, 1.807) is 21.3 Å². The Labute approximate surface area is 138 Å². The molecule has 0 heterocycles.